The van der Waals surface area contributed by atoms with Crippen LogP contribution in [-0.2, 0) is 9.84 Å². The smallest absolute Gasteiger partial charge is 0.271 e. The number of halogens is 1. The van der Waals surface area contributed by atoms with Gasteiger partial charge in [-0.3, -0.25) is 9.89 Å². The Labute approximate surface area is 181 Å². The van der Waals surface area contributed by atoms with Crippen LogP contribution in [0.3, 0.4) is 0 Å². The molecule has 3 saturated heterocycles. The summed E-state index contributed by atoms with van der Waals surface area (Å²) in [6.45, 7) is 3.48. The topological polar surface area (TPSA) is 86.4 Å². The molecule has 1 unspecified atom stereocenters. The zero-order chi connectivity index (χ0) is 20.9. The highest BCUT2D eigenvalue weighted by molar-refractivity contribution is 7.93. The van der Waals surface area contributed by atoms with Gasteiger partial charge in [0.05, 0.1) is 11.4 Å². The number of carbonyl (C=O) groups is 1. The summed E-state index contributed by atoms with van der Waals surface area (Å²) in [7, 11) is -3.19. The summed E-state index contributed by atoms with van der Waals surface area (Å²) in [5, 5.41) is 7.64. The van der Waals surface area contributed by atoms with E-state index in [1.807, 2.05) is 12.1 Å². The highest BCUT2D eigenvalue weighted by Gasteiger charge is 2.62. The molecule has 4 heterocycles. The zero-order valence-electron chi connectivity index (χ0n) is 16.7. The first kappa shape index (κ1) is 20.0. The summed E-state index contributed by atoms with van der Waals surface area (Å²) >= 11 is 6.04. The Balaban J connectivity index is 1.31. The van der Waals surface area contributed by atoms with Crippen LogP contribution in [-0.4, -0.2) is 77.5 Å². The lowest BCUT2D eigenvalue weighted by atomic mass is 9.82. The Hall–Kier alpha value is -1.90. The third-order valence-corrected chi connectivity index (χ3v) is 9.75. The fourth-order valence-electron chi connectivity index (χ4n) is 5.15. The Morgan fingerprint density at radius 3 is 2.73 bits per heavy atom. The van der Waals surface area contributed by atoms with Gasteiger partial charge in [0.25, 0.3) is 5.91 Å². The highest BCUT2D eigenvalue weighted by atomic mass is 35.5. The van der Waals surface area contributed by atoms with Crippen molar-refractivity contribution in [2.45, 2.75) is 24.0 Å². The molecule has 30 heavy (non-hydrogen) atoms. The fraction of sp³-hybridized carbons (Fsp3) is 0.524. The number of rotatable bonds is 4. The lowest BCUT2D eigenvalue weighted by molar-refractivity contribution is 0.0427. The lowest BCUT2D eigenvalue weighted by Crippen LogP contribution is -2.69. The summed E-state index contributed by atoms with van der Waals surface area (Å²) < 4.78 is 25.0. The maximum atomic E-state index is 13.0. The number of aromatic nitrogens is 2. The van der Waals surface area contributed by atoms with Crippen molar-refractivity contribution in [3.8, 4) is 11.3 Å². The number of aromatic amines is 1. The van der Waals surface area contributed by atoms with Crippen LogP contribution in [0.15, 0.2) is 30.3 Å². The van der Waals surface area contributed by atoms with E-state index in [2.05, 4.69) is 15.1 Å². The van der Waals surface area contributed by atoms with Crippen LogP contribution in [0.4, 0.5) is 0 Å². The number of sulfone groups is 1. The maximum absolute atomic E-state index is 13.0. The molecule has 0 saturated carbocycles. The number of H-pyrrole nitrogens is 1. The maximum Gasteiger partial charge on any atom is 0.271 e. The number of hydrogen-bond acceptors (Lipinski definition) is 5. The van der Waals surface area contributed by atoms with Gasteiger partial charge in [0, 0.05) is 30.2 Å². The van der Waals surface area contributed by atoms with Gasteiger partial charge in [-0.15, -0.1) is 0 Å². The Morgan fingerprint density at radius 2 is 2.00 bits per heavy atom. The highest BCUT2D eigenvalue weighted by Crippen LogP contribution is 2.45. The van der Waals surface area contributed by atoms with Gasteiger partial charge in [-0.1, -0.05) is 23.7 Å². The largest absolute Gasteiger partial charge is 0.334 e. The molecule has 3 aliphatic heterocycles. The average Bonchev–Trinajstić information content (AvgIpc) is 3.40. The second kappa shape index (κ2) is 7.35. The summed E-state index contributed by atoms with van der Waals surface area (Å²) in [6.07, 6.45) is 3.07. The van der Waals surface area contributed by atoms with Gasteiger partial charge >= 0.3 is 0 Å². The predicted octanol–water partition coefficient (Wildman–Crippen LogP) is 2.46. The quantitative estimate of drug-likeness (QED) is 0.776. The number of nitrogens with zero attached hydrogens (tertiary/aromatic N) is 3. The van der Waals surface area contributed by atoms with Crippen molar-refractivity contribution in [3.05, 3.63) is 41.0 Å². The minimum atomic E-state index is -3.19. The number of carbonyl (C=O) groups excluding carboxylic acids is 1. The molecule has 9 heteroatoms. The normalized spacial score (nSPS) is 25.0. The van der Waals surface area contributed by atoms with E-state index in [4.69, 9.17) is 11.6 Å². The van der Waals surface area contributed by atoms with Crippen molar-refractivity contribution in [2.75, 3.05) is 38.5 Å². The molecule has 3 fully saturated rings. The van der Waals surface area contributed by atoms with E-state index in [0.717, 1.165) is 25.2 Å². The molecule has 160 valence electrons. The van der Waals surface area contributed by atoms with E-state index in [0.29, 0.717) is 22.8 Å². The molecule has 2 aromatic rings. The van der Waals surface area contributed by atoms with Crippen LogP contribution in [0.5, 0.6) is 0 Å². The monoisotopic (exact) mass is 448 g/mol. The van der Waals surface area contributed by atoms with E-state index in [-0.39, 0.29) is 30.7 Å². The molecule has 1 atom stereocenters. The van der Waals surface area contributed by atoms with Gasteiger partial charge in [0.15, 0.2) is 9.84 Å². The van der Waals surface area contributed by atoms with Crippen LogP contribution in [0, 0.1) is 5.92 Å². The molecule has 0 bridgehead atoms. The molecule has 0 aliphatic carbocycles. The molecule has 1 N–H and O–H groups in total. The van der Waals surface area contributed by atoms with Crippen molar-refractivity contribution in [1.29, 1.82) is 0 Å². The van der Waals surface area contributed by atoms with E-state index < -0.39 is 14.6 Å². The molecule has 1 aromatic carbocycles. The minimum Gasteiger partial charge on any atom is -0.334 e. The van der Waals surface area contributed by atoms with Gasteiger partial charge in [-0.05, 0) is 56.5 Å². The summed E-state index contributed by atoms with van der Waals surface area (Å²) in [5.41, 5.74) is 1.82. The first-order valence-corrected chi connectivity index (χ1v) is 12.5. The molecular weight excluding hydrogens is 424 g/mol. The Morgan fingerprint density at radius 1 is 1.23 bits per heavy atom. The third-order valence-electron chi connectivity index (χ3n) is 6.91. The van der Waals surface area contributed by atoms with Crippen LogP contribution in [0.25, 0.3) is 11.3 Å². The van der Waals surface area contributed by atoms with Crippen molar-refractivity contribution >= 4 is 27.3 Å². The molecule has 7 nitrogen and oxygen atoms in total. The van der Waals surface area contributed by atoms with Gasteiger partial charge in [-0.25, -0.2) is 8.42 Å². The fourth-order valence-corrected chi connectivity index (χ4v) is 7.74. The van der Waals surface area contributed by atoms with E-state index in [9.17, 15) is 13.2 Å². The number of amides is 1. The second-order valence-corrected chi connectivity index (χ2v) is 11.6. The molecule has 1 aromatic heterocycles. The van der Waals surface area contributed by atoms with Crippen LogP contribution in [0.1, 0.15) is 29.8 Å². The Kier molecular flexibility index (Phi) is 4.91. The Bertz CT molecular complexity index is 1070. The zero-order valence-corrected chi connectivity index (χ0v) is 18.3. The third kappa shape index (κ3) is 3.25. The van der Waals surface area contributed by atoms with Crippen LogP contribution < -0.4 is 0 Å². The summed E-state index contributed by atoms with van der Waals surface area (Å²) in [5.74, 6) is 0.133. The molecule has 5 rings (SSSR count). The first-order valence-electron chi connectivity index (χ1n) is 10.4. The number of hydrogen-bond donors (Lipinski definition) is 1. The first-order chi connectivity index (χ1) is 14.4. The van der Waals surface area contributed by atoms with Crippen LogP contribution >= 0.6 is 11.6 Å². The van der Waals surface area contributed by atoms with Crippen molar-refractivity contribution < 1.29 is 13.2 Å². The van der Waals surface area contributed by atoms with Crippen molar-refractivity contribution in [1.82, 2.24) is 20.0 Å². The SMILES string of the molecule is O=C(c1cc(-c2cccc(Cl)c2)n[nH]1)N1CC2(C1)C(CN1CCCC1)CCS2(=O)=O. The second-order valence-electron chi connectivity index (χ2n) is 8.72. The van der Waals surface area contributed by atoms with Gasteiger partial charge < -0.3 is 9.80 Å². The number of benzene rings is 1. The van der Waals surface area contributed by atoms with E-state index in [1.54, 1.807) is 23.1 Å². The average molecular weight is 449 g/mol. The number of likely N-dealkylation sites (tertiary alicyclic amines) is 2. The standard InChI is InChI=1S/C21H25ClN4O3S/c22-17-5-3-4-15(10-17)18-11-19(24-23-18)20(27)26-13-21(14-26)16(6-9-30(21,28)29)12-25-7-1-2-8-25/h3-5,10-11,16H,1-2,6-9,12-14H2,(H,23,24). The lowest BCUT2D eigenvalue weighted by Gasteiger charge is -2.50. The van der Waals surface area contributed by atoms with Gasteiger partial charge in [0.1, 0.15) is 10.4 Å². The molecular formula is C21H25ClN4O3S. The van der Waals surface area contributed by atoms with Gasteiger partial charge in [-0.2, -0.15) is 5.10 Å². The molecule has 1 amide bonds. The molecule has 0 radical (unpaired) electrons. The van der Waals surface area contributed by atoms with Crippen molar-refractivity contribution in [2.24, 2.45) is 5.92 Å². The summed E-state index contributed by atoms with van der Waals surface area (Å²) in [4.78, 5) is 17.0. The van der Waals surface area contributed by atoms with E-state index >= 15 is 0 Å². The van der Waals surface area contributed by atoms with Crippen LogP contribution in [0.2, 0.25) is 5.02 Å². The number of nitrogens with one attached hydrogen (secondary N) is 1. The van der Waals surface area contributed by atoms with E-state index in [1.165, 1.54) is 12.8 Å². The minimum absolute atomic E-state index is 0.105. The van der Waals surface area contributed by atoms with Crippen molar-refractivity contribution in [3.63, 3.8) is 0 Å². The summed E-state index contributed by atoms with van der Waals surface area (Å²) in [6, 6.07) is 8.98. The van der Waals surface area contributed by atoms with Gasteiger partial charge in [0.2, 0.25) is 0 Å². The molecule has 3 aliphatic rings. The molecule has 1 spiro atoms. The predicted molar refractivity (Wildman–Crippen MR) is 115 cm³/mol.